The van der Waals surface area contributed by atoms with E-state index in [1.807, 2.05) is 13.0 Å². The maximum Gasteiger partial charge on any atom is 0.278 e. The predicted octanol–water partition coefficient (Wildman–Crippen LogP) is 3.95. The van der Waals surface area contributed by atoms with Crippen molar-refractivity contribution in [2.75, 3.05) is 11.1 Å². The summed E-state index contributed by atoms with van der Waals surface area (Å²) in [7, 11) is 0. The fraction of sp³-hybridized carbons (Fsp3) is 0.350. The van der Waals surface area contributed by atoms with Crippen molar-refractivity contribution in [1.82, 2.24) is 14.5 Å². The summed E-state index contributed by atoms with van der Waals surface area (Å²) in [6, 6.07) is 7.55. The number of carbonyl (C=O) groups is 1. The fourth-order valence-corrected chi connectivity index (χ4v) is 3.62. The number of aromatic amines is 1. The third kappa shape index (κ3) is 4.81. The maximum absolute atomic E-state index is 13.3. The molecular formula is C20H23FN4O2S. The number of benzene rings is 1. The van der Waals surface area contributed by atoms with Crippen LogP contribution in [0.2, 0.25) is 0 Å². The molecule has 2 aromatic heterocycles. The molecule has 0 aliphatic rings. The van der Waals surface area contributed by atoms with Gasteiger partial charge in [0.05, 0.1) is 11.3 Å². The molecule has 0 aliphatic heterocycles. The van der Waals surface area contributed by atoms with Gasteiger partial charge in [0, 0.05) is 17.9 Å². The molecule has 148 valence electrons. The van der Waals surface area contributed by atoms with Crippen LogP contribution in [0.3, 0.4) is 0 Å². The number of nitrogens with one attached hydrogen (secondary N) is 2. The Hall–Kier alpha value is -2.61. The number of amides is 1. The molecule has 0 bridgehead atoms. The number of thioether (sulfide) groups is 1. The quantitative estimate of drug-likeness (QED) is 0.463. The molecule has 2 N–H and O–H groups in total. The van der Waals surface area contributed by atoms with Crippen LogP contribution in [0.25, 0.3) is 11.0 Å². The van der Waals surface area contributed by atoms with E-state index in [1.54, 1.807) is 10.6 Å². The highest BCUT2D eigenvalue weighted by Crippen LogP contribution is 2.20. The highest BCUT2D eigenvalue weighted by atomic mass is 32.2. The number of halogens is 1. The smallest absolute Gasteiger partial charge is 0.278 e. The Balaban J connectivity index is 1.81. The Morgan fingerprint density at radius 2 is 2.14 bits per heavy atom. The van der Waals surface area contributed by atoms with Crippen molar-refractivity contribution in [1.29, 1.82) is 0 Å². The molecule has 0 fully saturated rings. The number of hydrogen-bond acceptors (Lipinski definition) is 4. The zero-order valence-corrected chi connectivity index (χ0v) is 16.9. The second-order valence-corrected chi connectivity index (χ2v) is 8.04. The van der Waals surface area contributed by atoms with Crippen molar-refractivity contribution in [3.63, 3.8) is 0 Å². The first-order chi connectivity index (χ1) is 13.3. The van der Waals surface area contributed by atoms with Crippen LogP contribution in [0.5, 0.6) is 0 Å². The number of aromatic nitrogens is 3. The van der Waals surface area contributed by atoms with E-state index in [0.717, 1.165) is 12.1 Å². The molecule has 0 radical (unpaired) electrons. The Kier molecular flexibility index (Phi) is 6.18. The number of hydrogen-bond donors (Lipinski definition) is 2. The second kappa shape index (κ2) is 8.60. The van der Waals surface area contributed by atoms with Gasteiger partial charge >= 0.3 is 0 Å². The lowest BCUT2D eigenvalue weighted by Crippen LogP contribution is -2.25. The van der Waals surface area contributed by atoms with Gasteiger partial charge in [0.15, 0.2) is 5.16 Å². The molecule has 1 aromatic carbocycles. The largest absolute Gasteiger partial charge is 0.353 e. The number of rotatable bonds is 7. The summed E-state index contributed by atoms with van der Waals surface area (Å²) in [6.45, 7) is 6.59. The molecule has 28 heavy (non-hydrogen) atoms. The third-order valence-corrected chi connectivity index (χ3v) is 5.18. The van der Waals surface area contributed by atoms with Crippen molar-refractivity contribution in [2.45, 2.75) is 38.9 Å². The SMILES string of the molecule is Cc1cc2nc(SCC(=O)Nc3cccc(F)c3)n(CCC(C)C)c(=O)c2[nH]1. The van der Waals surface area contributed by atoms with Gasteiger partial charge in [0.25, 0.3) is 5.56 Å². The van der Waals surface area contributed by atoms with Crippen molar-refractivity contribution < 1.29 is 9.18 Å². The van der Waals surface area contributed by atoms with Gasteiger partial charge in [-0.25, -0.2) is 9.37 Å². The average molecular weight is 402 g/mol. The van der Waals surface area contributed by atoms with Crippen molar-refractivity contribution in [3.05, 3.63) is 52.2 Å². The maximum atomic E-state index is 13.3. The molecule has 8 heteroatoms. The molecule has 2 heterocycles. The number of anilines is 1. The van der Waals surface area contributed by atoms with Crippen LogP contribution >= 0.6 is 11.8 Å². The molecule has 0 atom stereocenters. The molecule has 3 rings (SSSR count). The molecule has 0 saturated carbocycles. The minimum absolute atomic E-state index is 0.0690. The van der Waals surface area contributed by atoms with Crippen molar-refractivity contribution in [2.24, 2.45) is 5.92 Å². The summed E-state index contributed by atoms with van der Waals surface area (Å²) < 4.78 is 14.9. The van der Waals surface area contributed by atoms with Crippen LogP contribution in [-0.4, -0.2) is 26.2 Å². The van der Waals surface area contributed by atoms with Crippen LogP contribution in [-0.2, 0) is 11.3 Å². The van der Waals surface area contributed by atoms with E-state index in [0.29, 0.717) is 34.3 Å². The van der Waals surface area contributed by atoms with Crippen LogP contribution in [0, 0.1) is 18.7 Å². The van der Waals surface area contributed by atoms with Gasteiger partial charge in [-0.1, -0.05) is 31.7 Å². The summed E-state index contributed by atoms with van der Waals surface area (Å²) in [4.78, 5) is 32.8. The van der Waals surface area contributed by atoms with E-state index in [-0.39, 0.29) is 17.2 Å². The van der Waals surface area contributed by atoms with Crippen molar-refractivity contribution >= 4 is 34.4 Å². The third-order valence-electron chi connectivity index (χ3n) is 4.21. The predicted molar refractivity (Wildman–Crippen MR) is 110 cm³/mol. The van der Waals surface area contributed by atoms with Gasteiger partial charge in [-0.2, -0.15) is 0 Å². The molecule has 0 saturated heterocycles. The first-order valence-corrected chi connectivity index (χ1v) is 10.1. The minimum Gasteiger partial charge on any atom is -0.353 e. The number of aryl methyl sites for hydroxylation is 1. The summed E-state index contributed by atoms with van der Waals surface area (Å²) in [5.74, 6) is -0.199. The van der Waals surface area contributed by atoms with E-state index in [4.69, 9.17) is 0 Å². The Morgan fingerprint density at radius 1 is 1.36 bits per heavy atom. The van der Waals surface area contributed by atoms with Crippen LogP contribution in [0.1, 0.15) is 26.0 Å². The lowest BCUT2D eigenvalue weighted by molar-refractivity contribution is -0.113. The van der Waals surface area contributed by atoms with Crippen LogP contribution in [0.4, 0.5) is 10.1 Å². The van der Waals surface area contributed by atoms with Crippen LogP contribution in [0.15, 0.2) is 40.3 Å². The van der Waals surface area contributed by atoms with Gasteiger partial charge in [-0.05, 0) is 43.5 Å². The molecular weight excluding hydrogens is 379 g/mol. The lowest BCUT2D eigenvalue weighted by atomic mass is 10.1. The number of fused-ring (bicyclic) bond motifs is 1. The molecule has 6 nitrogen and oxygen atoms in total. The van der Waals surface area contributed by atoms with Gasteiger partial charge in [0.1, 0.15) is 11.3 Å². The van der Waals surface area contributed by atoms with E-state index in [2.05, 4.69) is 29.1 Å². The van der Waals surface area contributed by atoms with E-state index in [1.165, 1.54) is 30.0 Å². The van der Waals surface area contributed by atoms with Gasteiger partial charge in [-0.15, -0.1) is 0 Å². The van der Waals surface area contributed by atoms with Crippen LogP contribution < -0.4 is 10.9 Å². The van der Waals surface area contributed by atoms with Gasteiger partial charge in [-0.3, -0.25) is 14.2 Å². The van der Waals surface area contributed by atoms with E-state index < -0.39 is 5.82 Å². The summed E-state index contributed by atoms with van der Waals surface area (Å²) >= 11 is 1.20. The Bertz CT molecular complexity index is 1060. The van der Waals surface area contributed by atoms with E-state index >= 15 is 0 Å². The number of H-pyrrole nitrogens is 1. The summed E-state index contributed by atoms with van der Waals surface area (Å²) in [5, 5.41) is 3.16. The molecule has 0 aliphatic carbocycles. The number of carbonyl (C=O) groups excluding carboxylic acids is 1. The Morgan fingerprint density at radius 3 is 2.86 bits per heavy atom. The standard InChI is InChI=1S/C20H23FN4O2S/c1-12(2)7-8-25-19(27)18-16(9-13(3)22-18)24-20(25)28-11-17(26)23-15-6-4-5-14(21)10-15/h4-6,9-10,12,22H,7-8,11H2,1-3H3,(H,23,26). The average Bonchev–Trinajstić information content (AvgIpc) is 3.00. The Labute approximate surface area is 166 Å². The lowest BCUT2D eigenvalue weighted by Gasteiger charge is -2.13. The highest BCUT2D eigenvalue weighted by Gasteiger charge is 2.15. The highest BCUT2D eigenvalue weighted by molar-refractivity contribution is 7.99. The monoisotopic (exact) mass is 402 g/mol. The fourth-order valence-electron chi connectivity index (χ4n) is 2.80. The first kappa shape index (κ1) is 20.1. The van der Waals surface area contributed by atoms with Gasteiger partial charge < -0.3 is 10.3 Å². The molecule has 0 spiro atoms. The molecule has 1 amide bonds. The summed E-state index contributed by atoms with van der Waals surface area (Å²) in [6.07, 6.45) is 0.829. The minimum atomic E-state index is -0.414. The normalized spacial score (nSPS) is 11.3. The second-order valence-electron chi connectivity index (χ2n) is 7.09. The van der Waals surface area contributed by atoms with Gasteiger partial charge in [0.2, 0.25) is 5.91 Å². The van der Waals surface area contributed by atoms with Crippen molar-refractivity contribution in [3.8, 4) is 0 Å². The molecule has 0 unspecified atom stereocenters. The zero-order valence-electron chi connectivity index (χ0n) is 16.1. The first-order valence-electron chi connectivity index (χ1n) is 9.12. The summed E-state index contributed by atoms with van der Waals surface area (Å²) in [5.41, 5.74) is 2.20. The molecule has 3 aromatic rings. The zero-order chi connectivity index (χ0) is 20.3. The number of nitrogens with zero attached hydrogens (tertiary/aromatic N) is 2. The topological polar surface area (TPSA) is 79.8 Å². The van der Waals surface area contributed by atoms with E-state index in [9.17, 15) is 14.0 Å².